The number of para-hydroxylation sites is 1. The maximum Gasteiger partial charge on any atom is 0.261 e. The molecule has 130 valence electrons. The van der Waals surface area contributed by atoms with Crippen LogP contribution in [0.2, 0.25) is 0 Å². The first-order valence-corrected chi connectivity index (χ1v) is 8.90. The van der Waals surface area contributed by atoms with Crippen molar-refractivity contribution in [1.82, 2.24) is 14.5 Å². The van der Waals surface area contributed by atoms with Crippen molar-refractivity contribution in [3.63, 3.8) is 0 Å². The molecule has 0 spiro atoms. The molecule has 1 N–H and O–H groups in total. The first-order chi connectivity index (χ1) is 12.6. The summed E-state index contributed by atoms with van der Waals surface area (Å²) in [6.45, 7) is 2.34. The topological polar surface area (TPSA) is 59.8 Å². The van der Waals surface area contributed by atoms with Crippen molar-refractivity contribution < 1.29 is 4.39 Å². The second-order valence-electron chi connectivity index (χ2n) is 5.92. The van der Waals surface area contributed by atoms with Gasteiger partial charge in [0.1, 0.15) is 5.82 Å². The zero-order chi connectivity index (χ0) is 18.1. The van der Waals surface area contributed by atoms with Crippen LogP contribution in [0.5, 0.6) is 0 Å². The van der Waals surface area contributed by atoms with Crippen LogP contribution in [0.1, 0.15) is 11.3 Å². The van der Waals surface area contributed by atoms with Gasteiger partial charge in [-0.3, -0.25) is 9.36 Å². The highest BCUT2D eigenvalue weighted by molar-refractivity contribution is 7.13. The van der Waals surface area contributed by atoms with E-state index in [1.807, 2.05) is 36.6 Å². The first-order valence-electron chi connectivity index (χ1n) is 8.02. The number of nitrogens with zero attached hydrogens (tertiary/aromatic N) is 3. The molecule has 7 heteroatoms. The fraction of sp³-hybridized carbons (Fsp3) is 0.105. The Morgan fingerprint density at radius 3 is 2.92 bits per heavy atom. The lowest BCUT2D eigenvalue weighted by molar-refractivity contribution is 0.629. The average Bonchev–Trinajstić information content (AvgIpc) is 3.06. The molecule has 0 unspecified atom stereocenters. The number of aryl methyl sites for hydroxylation is 1. The maximum atomic E-state index is 13.3. The zero-order valence-electron chi connectivity index (χ0n) is 13.9. The Hall–Kier alpha value is -3.06. The van der Waals surface area contributed by atoms with Crippen LogP contribution in [0, 0.1) is 12.7 Å². The van der Waals surface area contributed by atoms with Gasteiger partial charge in [-0.1, -0.05) is 18.2 Å². The van der Waals surface area contributed by atoms with Crippen molar-refractivity contribution in [3.05, 3.63) is 81.6 Å². The van der Waals surface area contributed by atoms with Crippen LogP contribution in [-0.4, -0.2) is 14.5 Å². The molecule has 0 aliphatic heterocycles. The van der Waals surface area contributed by atoms with Crippen LogP contribution >= 0.6 is 11.3 Å². The van der Waals surface area contributed by atoms with Gasteiger partial charge in [-0.25, -0.2) is 14.4 Å². The Kier molecular flexibility index (Phi) is 4.22. The maximum absolute atomic E-state index is 13.3. The van der Waals surface area contributed by atoms with E-state index < -0.39 is 5.82 Å². The minimum Gasteiger partial charge on any atom is -0.331 e. The van der Waals surface area contributed by atoms with Gasteiger partial charge >= 0.3 is 0 Å². The van der Waals surface area contributed by atoms with E-state index in [0.29, 0.717) is 17.4 Å². The summed E-state index contributed by atoms with van der Waals surface area (Å²) in [6.07, 6.45) is 1.43. The van der Waals surface area contributed by atoms with Crippen LogP contribution in [-0.2, 0) is 6.54 Å². The van der Waals surface area contributed by atoms with E-state index in [2.05, 4.69) is 15.3 Å². The predicted octanol–water partition coefficient (Wildman–Crippen LogP) is 4.09. The highest BCUT2D eigenvalue weighted by Crippen LogP contribution is 2.23. The molecule has 0 aliphatic rings. The van der Waals surface area contributed by atoms with E-state index in [-0.39, 0.29) is 5.56 Å². The van der Waals surface area contributed by atoms with Crippen molar-refractivity contribution in [1.29, 1.82) is 0 Å². The van der Waals surface area contributed by atoms with E-state index in [0.717, 1.165) is 22.1 Å². The fourth-order valence-corrected chi connectivity index (χ4v) is 3.40. The van der Waals surface area contributed by atoms with Gasteiger partial charge < -0.3 is 5.32 Å². The van der Waals surface area contributed by atoms with Crippen LogP contribution in [0.3, 0.4) is 0 Å². The van der Waals surface area contributed by atoms with Crippen LogP contribution in [0.15, 0.2) is 59.0 Å². The third kappa shape index (κ3) is 3.21. The molecule has 4 rings (SSSR count). The highest BCUT2D eigenvalue weighted by Gasteiger charge is 2.09. The summed E-state index contributed by atoms with van der Waals surface area (Å²) in [6, 6.07) is 12.0. The van der Waals surface area contributed by atoms with Crippen LogP contribution < -0.4 is 10.9 Å². The molecule has 0 saturated heterocycles. The van der Waals surface area contributed by atoms with Crippen molar-refractivity contribution in [2.75, 3.05) is 5.32 Å². The van der Waals surface area contributed by atoms with Gasteiger partial charge in [-0.05, 0) is 30.7 Å². The summed E-state index contributed by atoms with van der Waals surface area (Å²) in [7, 11) is 0. The van der Waals surface area contributed by atoms with Gasteiger partial charge in [-0.15, -0.1) is 11.3 Å². The second kappa shape index (κ2) is 6.68. The molecule has 0 aliphatic carbocycles. The summed E-state index contributed by atoms with van der Waals surface area (Å²) in [5.74, 6) is -0.409. The summed E-state index contributed by atoms with van der Waals surface area (Å²) >= 11 is 1.48. The largest absolute Gasteiger partial charge is 0.331 e. The molecule has 0 amide bonds. The smallest absolute Gasteiger partial charge is 0.261 e. The number of rotatable bonds is 4. The Morgan fingerprint density at radius 2 is 2.08 bits per heavy atom. The number of nitrogens with one attached hydrogen (secondary N) is 1. The molecule has 26 heavy (non-hydrogen) atoms. The van der Waals surface area contributed by atoms with E-state index >= 15 is 0 Å². The van der Waals surface area contributed by atoms with Crippen LogP contribution in [0.4, 0.5) is 15.2 Å². The van der Waals surface area contributed by atoms with Crippen LogP contribution in [0.25, 0.3) is 10.9 Å². The lowest BCUT2D eigenvalue weighted by Crippen LogP contribution is -2.21. The summed E-state index contributed by atoms with van der Waals surface area (Å²) in [5, 5.41) is 6.35. The molecular weight excluding hydrogens is 351 g/mol. The van der Waals surface area contributed by atoms with Crippen molar-refractivity contribution >= 4 is 33.1 Å². The number of anilines is 2. The fourth-order valence-electron chi connectivity index (χ4n) is 2.68. The molecule has 2 aromatic heterocycles. The zero-order valence-corrected chi connectivity index (χ0v) is 14.8. The average molecular weight is 366 g/mol. The van der Waals surface area contributed by atoms with Gasteiger partial charge in [0.2, 0.25) is 0 Å². The number of fused-ring (bicyclic) bond motifs is 1. The first kappa shape index (κ1) is 16.4. The molecule has 0 saturated carbocycles. The number of halogens is 1. The minimum atomic E-state index is -0.409. The van der Waals surface area contributed by atoms with Gasteiger partial charge in [0.05, 0.1) is 29.5 Å². The molecule has 0 radical (unpaired) electrons. The molecule has 4 aromatic rings. The Labute approximate surface area is 152 Å². The Morgan fingerprint density at radius 1 is 1.23 bits per heavy atom. The third-order valence-corrected chi connectivity index (χ3v) is 4.86. The predicted molar refractivity (Wildman–Crippen MR) is 102 cm³/mol. The number of benzene rings is 2. The lowest BCUT2D eigenvalue weighted by Gasteiger charge is -2.06. The third-order valence-electron chi connectivity index (χ3n) is 4.06. The van der Waals surface area contributed by atoms with Gasteiger partial charge in [-0.2, -0.15) is 0 Å². The second-order valence-corrected chi connectivity index (χ2v) is 6.78. The van der Waals surface area contributed by atoms with Crippen molar-refractivity contribution in [3.8, 4) is 0 Å². The number of thiazole rings is 1. The van der Waals surface area contributed by atoms with E-state index in [1.54, 1.807) is 0 Å². The van der Waals surface area contributed by atoms with Gasteiger partial charge in [0, 0.05) is 17.1 Å². The molecule has 0 atom stereocenters. The SMILES string of the molecule is Cc1ccccc1Nc1nc(Cn2cnc3cc(F)ccc3c2=O)cs1. The van der Waals surface area contributed by atoms with Crippen molar-refractivity contribution in [2.24, 2.45) is 0 Å². The van der Waals surface area contributed by atoms with E-state index in [9.17, 15) is 9.18 Å². The summed E-state index contributed by atoms with van der Waals surface area (Å²) in [5.41, 5.74) is 3.03. The monoisotopic (exact) mass is 366 g/mol. The minimum absolute atomic E-state index is 0.212. The molecule has 0 fully saturated rings. The molecule has 0 bridgehead atoms. The summed E-state index contributed by atoms with van der Waals surface area (Å²) in [4.78, 5) is 21.3. The number of hydrogen-bond donors (Lipinski definition) is 1. The molecule has 5 nitrogen and oxygen atoms in total. The van der Waals surface area contributed by atoms with Gasteiger partial charge in [0.15, 0.2) is 5.13 Å². The van der Waals surface area contributed by atoms with Crippen molar-refractivity contribution in [2.45, 2.75) is 13.5 Å². The van der Waals surface area contributed by atoms with E-state index in [1.165, 1.54) is 40.4 Å². The summed E-state index contributed by atoms with van der Waals surface area (Å²) < 4.78 is 14.7. The molecule has 2 aromatic carbocycles. The number of hydrogen-bond acceptors (Lipinski definition) is 5. The number of aromatic nitrogens is 3. The Balaban J connectivity index is 1.59. The van der Waals surface area contributed by atoms with Gasteiger partial charge in [0.25, 0.3) is 5.56 Å². The lowest BCUT2D eigenvalue weighted by atomic mass is 10.2. The standard InChI is InChI=1S/C19H15FN4OS/c1-12-4-2-3-5-16(12)23-19-22-14(10-26-19)9-24-11-21-17-8-13(20)6-7-15(17)18(24)25/h2-8,10-11H,9H2,1H3,(H,22,23). The quantitative estimate of drug-likeness (QED) is 0.591. The highest BCUT2D eigenvalue weighted by atomic mass is 32.1. The Bertz CT molecular complexity index is 1150. The normalized spacial score (nSPS) is 11.0. The van der Waals surface area contributed by atoms with E-state index in [4.69, 9.17) is 0 Å². The molecular formula is C19H15FN4OS. The molecule has 2 heterocycles.